The molecule has 0 saturated heterocycles. The Labute approximate surface area is 92.5 Å². The number of hydrogen-bond donors (Lipinski definition) is 1. The zero-order chi connectivity index (χ0) is 11.4. The van der Waals surface area contributed by atoms with Crippen molar-refractivity contribution in [1.82, 2.24) is 4.90 Å². The summed E-state index contributed by atoms with van der Waals surface area (Å²) >= 11 is 0. The highest BCUT2D eigenvalue weighted by atomic mass is 16.4. The van der Waals surface area contributed by atoms with Crippen LogP contribution in [-0.4, -0.2) is 35.1 Å². The first-order chi connectivity index (χ1) is 7.04. The number of aliphatic carboxylic acids is 1. The molecule has 0 spiro atoms. The van der Waals surface area contributed by atoms with Gasteiger partial charge in [0.2, 0.25) is 0 Å². The zero-order valence-electron chi connectivity index (χ0n) is 10.1. The molecule has 1 aliphatic rings. The van der Waals surface area contributed by atoms with Gasteiger partial charge in [0, 0.05) is 12.1 Å². The molecule has 0 aromatic rings. The van der Waals surface area contributed by atoms with Crippen LogP contribution in [0.3, 0.4) is 0 Å². The fourth-order valence-electron chi connectivity index (χ4n) is 2.45. The number of carboxylic acids is 1. The van der Waals surface area contributed by atoms with Gasteiger partial charge in [0.25, 0.3) is 0 Å². The van der Waals surface area contributed by atoms with Crippen molar-refractivity contribution < 1.29 is 9.90 Å². The molecule has 1 N–H and O–H groups in total. The molecule has 0 bridgehead atoms. The number of carbonyl (C=O) groups is 1. The first-order valence-electron chi connectivity index (χ1n) is 5.98. The van der Waals surface area contributed by atoms with Gasteiger partial charge in [-0.05, 0) is 33.7 Å². The van der Waals surface area contributed by atoms with Crippen LogP contribution in [0.25, 0.3) is 0 Å². The topological polar surface area (TPSA) is 40.5 Å². The Bertz CT molecular complexity index is 216. The molecule has 1 saturated carbocycles. The van der Waals surface area contributed by atoms with Crippen molar-refractivity contribution in [2.75, 3.05) is 7.05 Å². The Kier molecular flexibility index (Phi) is 4.58. The molecule has 0 aromatic heterocycles. The van der Waals surface area contributed by atoms with Crippen molar-refractivity contribution >= 4 is 5.97 Å². The van der Waals surface area contributed by atoms with E-state index in [9.17, 15) is 9.90 Å². The van der Waals surface area contributed by atoms with E-state index in [2.05, 4.69) is 25.8 Å². The molecular weight excluding hydrogens is 190 g/mol. The normalized spacial score (nSPS) is 28.1. The van der Waals surface area contributed by atoms with Gasteiger partial charge in [-0.2, -0.15) is 0 Å². The third-order valence-corrected chi connectivity index (χ3v) is 3.63. The molecule has 3 nitrogen and oxygen atoms in total. The number of nitrogens with zero attached hydrogens (tertiary/aromatic N) is 1. The molecule has 88 valence electrons. The van der Waals surface area contributed by atoms with Crippen molar-refractivity contribution in [3.8, 4) is 0 Å². The van der Waals surface area contributed by atoms with Crippen molar-refractivity contribution in [3.05, 3.63) is 0 Å². The molecule has 0 aromatic carbocycles. The first-order valence-corrected chi connectivity index (χ1v) is 5.98. The summed E-state index contributed by atoms with van der Waals surface area (Å²) in [5.74, 6) is -0.783. The summed E-state index contributed by atoms with van der Waals surface area (Å²) in [4.78, 5) is 13.4. The van der Waals surface area contributed by atoms with Crippen LogP contribution in [0.5, 0.6) is 0 Å². The Morgan fingerprint density at radius 1 is 1.27 bits per heavy atom. The quantitative estimate of drug-likeness (QED) is 0.732. The van der Waals surface area contributed by atoms with Gasteiger partial charge >= 0.3 is 5.97 Å². The average Bonchev–Trinajstić information content (AvgIpc) is 2.40. The molecule has 1 rings (SSSR count). The van der Waals surface area contributed by atoms with E-state index in [-0.39, 0.29) is 12.0 Å². The van der Waals surface area contributed by atoms with Gasteiger partial charge < -0.3 is 10.0 Å². The maximum absolute atomic E-state index is 11.2. The van der Waals surface area contributed by atoms with Crippen molar-refractivity contribution in [3.63, 3.8) is 0 Å². The van der Waals surface area contributed by atoms with E-state index in [1.165, 1.54) is 12.8 Å². The summed E-state index contributed by atoms with van der Waals surface area (Å²) in [7, 11) is 2.05. The summed E-state index contributed by atoms with van der Waals surface area (Å²) in [5.41, 5.74) is 0. The third kappa shape index (κ3) is 3.20. The molecule has 0 aliphatic heterocycles. The molecule has 2 unspecified atom stereocenters. The van der Waals surface area contributed by atoms with Gasteiger partial charge in [-0.1, -0.05) is 19.3 Å². The number of carboxylic acid groups (broad SMARTS) is 1. The van der Waals surface area contributed by atoms with Crippen molar-refractivity contribution in [1.29, 1.82) is 0 Å². The van der Waals surface area contributed by atoms with Crippen LogP contribution in [0.1, 0.15) is 46.0 Å². The van der Waals surface area contributed by atoms with E-state index in [0.29, 0.717) is 6.04 Å². The highest BCUT2D eigenvalue weighted by molar-refractivity contribution is 5.70. The molecule has 0 radical (unpaired) electrons. The van der Waals surface area contributed by atoms with Gasteiger partial charge in [-0.3, -0.25) is 4.79 Å². The van der Waals surface area contributed by atoms with Crippen LogP contribution in [0.4, 0.5) is 0 Å². The summed E-state index contributed by atoms with van der Waals surface area (Å²) < 4.78 is 0. The van der Waals surface area contributed by atoms with Gasteiger partial charge in [-0.15, -0.1) is 0 Å². The van der Waals surface area contributed by atoms with Crippen molar-refractivity contribution in [2.24, 2.45) is 5.92 Å². The first kappa shape index (κ1) is 12.5. The van der Waals surface area contributed by atoms with E-state index in [4.69, 9.17) is 0 Å². The lowest BCUT2D eigenvalue weighted by molar-refractivity contribution is -0.144. The highest BCUT2D eigenvalue weighted by Crippen LogP contribution is 2.28. The summed E-state index contributed by atoms with van der Waals surface area (Å²) in [6.07, 6.45) is 5.31. The Morgan fingerprint density at radius 3 is 2.40 bits per heavy atom. The van der Waals surface area contributed by atoms with Crippen LogP contribution in [0.15, 0.2) is 0 Å². The molecule has 0 amide bonds. The molecule has 0 heterocycles. The van der Waals surface area contributed by atoms with Gasteiger partial charge in [0.15, 0.2) is 0 Å². The fourth-order valence-corrected chi connectivity index (χ4v) is 2.45. The van der Waals surface area contributed by atoms with Crippen LogP contribution in [0.2, 0.25) is 0 Å². The van der Waals surface area contributed by atoms with Crippen LogP contribution < -0.4 is 0 Å². The Hall–Kier alpha value is -0.570. The lowest BCUT2D eigenvalue weighted by Crippen LogP contribution is -2.44. The summed E-state index contributed by atoms with van der Waals surface area (Å²) in [5, 5.41) is 9.24. The average molecular weight is 213 g/mol. The second-order valence-electron chi connectivity index (χ2n) is 4.91. The Balaban J connectivity index is 2.74. The molecule has 3 heteroatoms. The highest BCUT2D eigenvalue weighted by Gasteiger charge is 2.32. The molecular formula is C12H23NO2. The molecule has 15 heavy (non-hydrogen) atoms. The minimum Gasteiger partial charge on any atom is -0.481 e. The molecule has 1 fully saturated rings. The van der Waals surface area contributed by atoms with Gasteiger partial charge in [0.1, 0.15) is 0 Å². The zero-order valence-corrected chi connectivity index (χ0v) is 10.1. The Morgan fingerprint density at radius 2 is 1.87 bits per heavy atom. The van der Waals surface area contributed by atoms with E-state index >= 15 is 0 Å². The maximum Gasteiger partial charge on any atom is 0.308 e. The smallest absolute Gasteiger partial charge is 0.308 e. The van der Waals surface area contributed by atoms with Gasteiger partial charge in [0.05, 0.1) is 5.92 Å². The van der Waals surface area contributed by atoms with Crippen molar-refractivity contribution in [2.45, 2.75) is 58.0 Å². The van der Waals surface area contributed by atoms with Crippen LogP contribution >= 0.6 is 0 Å². The second kappa shape index (κ2) is 5.50. The van der Waals surface area contributed by atoms with E-state index in [0.717, 1.165) is 19.3 Å². The largest absolute Gasteiger partial charge is 0.481 e. The van der Waals surface area contributed by atoms with E-state index in [1.807, 2.05) is 0 Å². The summed E-state index contributed by atoms with van der Waals surface area (Å²) in [6, 6.07) is 0.653. The maximum atomic E-state index is 11.2. The number of rotatable bonds is 3. The molecule has 2 atom stereocenters. The van der Waals surface area contributed by atoms with Crippen LogP contribution in [0, 0.1) is 5.92 Å². The van der Waals surface area contributed by atoms with E-state index < -0.39 is 5.97 Å². The third-order valence-electron chi connectivity index (χ3n) is 3.63. The standard InChI is InChI=1S/C12H23NO2/c1-9(2)13(3)11-8-6-4-5-7-10(11)12(14)15/h9-11H,4-8H2,1-3H3,(H,14,15). The second-order valence-corrected chi connectivity index (χ2v) is 4.91. The minimum atomic E-state index is -0.616. The number of hydrogen-bond acceptors (Lipinski definition) is 2. The lowest BCUT2D eigenvalue weighted by Gasteiger charge is -2.34. The molecule has 1 aliphatic carbocycles. The fraction of sp³-hybridized carbons (Fsp3) is 0.917. The summed E-state index contributed by atoms with van der Waals surface area (Å²) in [6.45, 7) is 4.26. The minimum absolute atomic E-state index is 0.167. The predicted octanol–water partition coefficient (Wildman–Crippen LogP) is 2.36. The van der Waals surface area contributed by atoms with Gasteiger partial charge in [-0.25, -0.2) is 0 Å². The predicted molar refractivity (Wildman–Crippen MR) is 60.9 cm³/mol. The monoisotopic (exact) mass is 213 g/mol. The lowest BCUT2D eigenvalue weighted by atomic mass is 9.93. The van der Waals surface area contributed by atoms with Crippen LogP contribution in [-0.2, 0) is 4.79 Å². The van der Waals surface area contributed by atoms with E-state index in [1.54, 1.807) is 0 Å². The SMILES string of the molecule is CC(C)N(C)C1CCCCCC1C(=O)O.